The molecule has 0 saturated heterocycles. The number of esters is 1. The summed E-state index contributed by atoms with van der Waals surface area (Å²) in [6, 6.07) is 11.3. The summed E-state index contributed by atoms with van der Waals surface area (Å²) in [5.41, 5.74) is 1.17. The third kappa shape index (κ3) is 3.51. The summed E-state index contributed by atoms with van der Waals surface area (Å²) < 4.78 is 19.1. The lowest BCUT2D eigenvalue weighted by Crippen LogP contribution is -2.00. The SMILES string of the molecule is COC(=O)c1ccc(F)c(/N=C/c2cccc(Br)c2)c1. The van der Waals surface area contributed by atoms with E-state index in [2.05, 4.69) is 25.7 Å². The molecule has 0 spiro atoms. The number of ether oxygens (including phenoxy) is 1. The van der Waals surface area contributed by atoms with Crippen LogP contribution in [0, 0.1) is 5.82 Å². The van der Waals surface area contributed by atoms with Crippen LogP contribution in [0.1, 0.15) is 15.9 Å². The van der Waals surface area contributed by atoms with Gasteiger partial charge in [-0.05, 0) is 35.9 Å². The lowest BCUT2D eigenvalue weighted by molar-refractivity contribution is 0.0600. The summed E-state index contributed by atoms with van der Waals surface area (Å²) in [5, 5.41) is 0. The standard InChI is InChI=1S/C15H11BrFNO2/c1-20-15(19)11-5-6-13(17)14(8-11)18-9-10-3-2-4-12(16)7-10/h2-9H,1H3/b18-9+. The first-order valence-electron chi connectivity index (χ1n) is 5.77. The van der Waals surface area contributed by atoms with Crippen LogP contribution in [-0.4, -0.2) is 19.3 Å². The number of carbonyl (C=O) groups is 1. The summed E-state index contributed by atoms with van der Waals surface area (Å²) in [7, 11) is 1.27. The predicted octanol–water partition coefficient (Wildman–Crippen LogP) is 4.13. The van der Waals surface area contributed by atoms with E-state index in [1.807, 2.05) is 24.3 Å². The molecule has 0 atom stereocenters. The molecule has 0 unspecified atom stereocenters. The van der Waals surface area contributed by atoms with E-state index >= 15 is 0 Å². The normalized spacial score (nSPS) is 10.8. The van der Waals surface area contributed by atoms with Gasteiger partial charge in [-0.25, -0.2) is 9.18 Å². The average molecular weight is 336 g/mol. The summed E-state index contributed by atoms with van der Waals surface area (Å²) in [6.07, 6.45) is 1.53. The fourth-order valence-corrected chi connectivity index (χ4v) is 2.00. The molecule has 0 aliphatic rings. The van der Waals surface area contributed by atoms with Crippen LogP contribution in [0.15, 0.2) is 51.9 Å². The molecule has 0 saturated carbocycles. The van der Waals surface area contributed by atoms with Crippen LogP contribution in [0.3, 0.4) is 0 Å². The second-order valence-electron chi connectivity index (χ2n) is 3.97. The van der Waals surface area contributed by atoms with E-state index in [1.165, 1.54) is 31.5 Å². The molecule has 102 valence electrons. The molecule has 0 aliphatic carbocycles. The molecule has 2 aromatic rings. The van der Waals surface area contributed by atoms with Crippen LogP contribution in [0.25, 0.3) is 0 Å². The average Bonchev–Trinajstić information content (AvgIpc) is 2.45. The zero-order valence-electron chi connectivity index (χ0n) is 10.6. The molecule has 0 radical (unpaired) electrons. The zero-order valence-corrected chi connectivity index (χ0v) is 12.2. The summed E-state index contributed by atoms with van der Waals surface area (Å²) in [5.74, 6) is -1.02. The van der Waals surface area contributed by atoms with Gasteiger partial charge in [-0.2, -0.15) is 0 Å². The van der Waals surface area contributed by atoms with E-state index in [0.717, 1.165) is 10.0 Å². The number of benzene rings is 2. The number of carbonyl (C=O) groups excluding carboxylic acids is 1. The maximum absolute atomic E-state index is 13.6. The Bertz CT molecular complexity index is 671. The number of nitrogens with zero attached hydrogens (tertiary/aromatic N) is 1. The summed E-state index contributed by atoms with van der Waals surface area (Å²) in [4.78, 5) is 15.5. The first kappa shape index (κ1) is 14.4. The van der Waals surface area contributed by atoms with E-state index in [1.54, 1.807) is 0 Å². The van der Waals surface area contributed by atoms with E-state index < -0.39 is 11.8 Å². The van der Waals surface area contributed by atoms with Crippen molar-refractivity contribution in [2.45, 2.75) is 0 Å². The van der Waals surface area contributed by atoms with Crippen LogP contribution < -0.4 is 0 Å². The molecule has 3 nitrogen and oxygen atoms in total. The van der Waals surface area contributed by atoms with Crippen LogP contribution in [0.2, 0.25) is 0 Å². The molecule has 2 rings (SSSR count). The molecule has 0 N–H and O–H groups in total. The second kappa shape index (κ2) is 6.43. The Kier molecular flexibility index (Phi) is 4.63. The van der Waals surface area contributed by atoms with E-state index in [4.69, 9.17) is 0 Å². The molecule has 0 amide bonds. The minimum Gasteiger partial charge on any atom is -0.465 e. The molecule has 20 heavy (non-hydrogen) atoms. The minimum absolute atomic E-state index is 0.0906. The molecule has 0 aliphatic heterocycles. The van der Waals surface area contributed by atoms with Crippen LogP contribution >= 0.6 is 15.9 Å². The second-order valence-corrected chi connectivity index (χ2v) is 4.89. The molecular formula is C15H11BrFNO2. The topological polar surface area (TPSA) is 38.7 Å². The van der Waals surface area contributed by atoms with Gasteiger partial charge in [-0.15, -0.1) is 0 Å². The van der Waals surface area contributed by atoms with Crippen LogP contribution in [-0.2, 0) is 4.74 Å². The van der Waals surface area contributed by atoms with Crippen molar-refractivity contribution in [3.05, 3.63) is 63.9 Å². The van der Waals surface area contributed by atoms with Gasteiger partial charge in [0.15, 0.2) is 0 Å². The van der Waals surface area contributed by atoms with Crippen LogP contribution in [0.5, 0.6) is 0 Å². The Morgan fingerprint density at radius 1 is 1.30 bits per heavy atom. The highest BCUT2D eigenvalue weighted by Crippen LogP contribution is 2.20. The lowest BCUT2D eigenvalue weighted by Gasteiger charge is -2.02. The molecule has 5 heteroatoms. The van der Waals surface area contributed by atoms with E-state index in [-0.39, 0.29) is 11.3 Å². The molecule has 0 bridgehead atoms. The number of hydrogen-bond acceptors (Lipinski definition) is 3. The van der Waals surface area contributed by atoms with Gasteiger partial charge >= 0.3 is 5.97 Å². The number of hydrogen-bond donors (Lipinski definition) is 0. The maximum atomic E-state index is 13.6. The Morgan fingerprint density at radius 2 is 2.10 bits per heavy atom. The smallest absolute Gasteiger partial charge is 0.337 e. The zero-order chi connectivity index (χ0) is 14.5. The highest BCUT2D eigenvalue weighted by Gasteiger charge is 2.08. The summed E-state index contributed by atoms with van der Waals surface area (Å²) >= 11 is 3.35. The first-order valence-corrected chi connectivity index (χ1v) is 6.57. The van der Waals surface area contributed by atoms with Crippen LogP contribution in [0.4, 0.5) is 10.1 Å². The third-order valence-electron chi connectivity index (χ3n) is 2.57. The van der Waals surface area contributed by atoms with Gasteiger partial charge in [0.1, 0.15) is 5.82 Å². The van der Waals surface area contributed by atoms with Gasteiger partial charge in [0.25, 0.3) is 0 Å². The largest absolute Gasteiger partial charge is 0.465 e. The van der Waals surface area contributed by atoms with Crippen molar-refractivity contribution in [3.63, 3.8) is 0 Å². The van der Waals surface area contributed by atoms with Gasteiger partial charge in [0.2, 0.25) is 0 Å². The number of methoxy groups -OCH3 is 1. The number of aliphatic imine (C=N–C) groups is 1. The van der Waals surface area contributed by atoms with Gasteiger partial charge in [0, 0.05) is 10.7 Å². The Hall–Kier alpha value is -2.01. The molecule has 0 fully saturated rings. The van der Waals surface area contributed by atoms with Gasteiger partial charge in [0.05, 0.1) is 18.4 Å². The van der Waals surface area contributed by atoms with E-state index in [9.17, 15) is 9.18 Å². The Morgan fingerprint density at radius 3 is 2.80 bits per heavy atom. The molecule has 0 heterocycles. The number of rotatable bonds is 3. The highest BCUT2D eigenvalue weighted by molar-refractivity contribution is 9.10. The van der Waals surface area contributed by atoms with Crippen molar-refractivity contribution < 1.29 is 13.9 Å². The van der Waals surface area contributed by atoms with Crippen molar-refractivity contribution in [1.29, 1.82) is 0 Å². The quantitative estimate of drug-likeness (QED) is 0.625. The third-order valence-corrected chi connectivity index (χ3v) is 3.06. The predicted molar refractivity (Wildman–Crippen MR) is 79.1 cm³/mol. The molecule has 2 aromatic carbocycles. The molecule has 0 aromatic heterocycles. The fourth-order valence-electron chi connectivity index (χ4n) is 1.59. The van der Waals surface area contributed by atoms with E-state index in [0.29, 0.717) is 0 Å². The summed E-state index contributed by atoms with van der Waals surface area (Å²) in [6.45, 7) is 0. The molecular weight excluding hydrogens is 325 g/mol. The first-order chi connectivity index (χ1) is 9.60. The number of halogens is 2. The monoisotopic (exact) mass is 335 g/mol. The Labute approximate surface area is 124 Å². The minimum atomic E-state index is -0.524. The lowest BCUT2D eigenvalue weighted by atomic mass is 10.2. The van der Waals surface area contributed by atoms with Gasteiger partial charge < -0.3 is 4.74 Å². The van der Waals surface area contributed by atoms with Crippen molar-refractivity contribution >= 4 is 33.8 Å². The van der Waals surface area contributed by atoms with Crippen molar-refractivity contribution in [2.75, 3.05) is 7.11 Å². The van der Waals surface area contributed by atoms with Gasteiger partial charge in [-0.3, -0.25) is 4.99 Å². The highest BCUT2D eigenvalue weighted by atomic mass is 79.9. The fraction of sp³-hybridized carbons (Fsp3) is 0.0667. The maximum Gasteiger partial charge on any atom is 0.337 e. The van der Waals surface area contributed by atoms with Crippen molar-refractivity contribution in [1.82, 2.24) is 0 Å². The van der Waals surface area contributed by atoms with Gasteiger partial charge in [-0.1, -0.05) is 28.1 Å². The Balaban J connectivity index is 2.30. The van der Waals surface area contributed by atoms with Crippen molar-refractivity contribution in [2.24, 2.45) is 4.99 Å². The van der Waals surface area contributed by atoms with Crippen molar-refractivity contribution in [3.8, 4) is 0 Å².